The van der Waals surface area contributed by atoms with Gasteiger partial charge >= 0.3 is 0 Å². The molecule has 0 aromatic carbocycles. The van der Waals surface area contributed by atoms with Crippen molar-refractivity contribution in [1.29, 1.82) is 0 Å². The lowest BCUT2D eigenvalue weighted by Crippen LogP contribution is -2.29. The maximum absolute atomic E-state index is 12.2. The highest BCUT2D eigenvalue weighted by Gasteiger charge is 2.47. The van der Waals surface area contributed by atoms with E-state index in [-0.39, 0.29) is 10.8 Å². The Kier molecular flexibility index (Phi) is 3.75. The Labute approximate surface area is 93.9 Å². The molecular formula is C14H24O. The van der Waals surface area contributed by atoms with Gasteiger partial charge in [-0.15, -0.1) is 0 Å². The first-order valence-corrected chi connectivity index (χ1v) is 6.12. The quantitative estimate of drug-likeness (QED) is 0.635. The number of Topliss-reactive ketones (excluding diaryl/α,β-unsaturated/α-hetero) is 1. The highest BCUT2D eigenvalue weighted by molar-refractivity contribution is 5.91. The second-order valence-electron chi connectivity index (χ2n) is 5.74. The molecule has 0 aliphatic heterocycles. The summed E-state index contributed by atoms with van der Waals surface area (Å²) >= 11 is 0. The van der Waals surface area contributed by atoms with E-state index in [1.807, 2.05) is 0 Å². The van der Waals surface area contributed by atoms with Gasteiger partial charge in [-0.1, -0.05) is 46.3 Å². The maximum atomic E-state index is 12.2. The molecule has 1 aliphatic rings. The summed E-state index contributed by atoms with van der Waals surface area (Å²) in [6.45, 7) is 8.46. The van der Waals surface area contributed by atoms with Crippen LogP contribution < -0.4 is 0 Å². The van der Waals surface area contributed by atoms with Gasteiger partial charge in [0.25, 0.3) is 0 Å². The summed E-state index contributed by atoms with van der Waals surface area (Å²) in [5.41, 5.74) is -0.179. The van der Waals surface area contributed by atoms with Gasteiger partial charge in [0, 0.05) is 10.8 Å². The maximum Gasteiger partial charge on any atom is 0.144 e. The molecule has 1 heteroatoms. The lowest BCUT2D eigenvalue weighted by molar-refractivity contribution is -0.131. The summed E-state index contributed by atoms with van der Waals surface area (Å²) < 4.78 is 0. The average molecular weight is 208 g/mol. The van der Waals surface area contributed by atoms with Crippen LogP contribution in [0.4, 0.5) is 0 Å². The summed E-state index contributed by atoms with van der Waals surface area (Å²) in [5, 5.41) is 0. The van der Waals surface area contributed by atoms with E-state index in [2.05, 4.69) is 39.8 Å². The smallest absolute Gasteiger partial charge is 0.144 e. The van der Waals surface area contributed by atoms with Gasteiger partial charge < -0.3 is 0 Å². The van der Waals surface area contributed by atoms with E-state index < -0.39 is 0 Å². The molecule has 0 bridgehead atoms. The summed E-state index contributed by atoms with van der Waals surface area (Å²) in [6.07, 6.45) is 9.75. The number of rotatable bonds is 4. The van der Waals surface area contributed by atoms with Crippen LogP contribution in [0.25, 0.3) is 0 Å². The fraction of sp³-hybridized carbons (Fsp3) is 0.786. The Bertz CT molecular complexity index is 263. The molecule has 0 amide bonds. The molecule has 0 heterocycles. The zero-order chi connectivity index (χ0) is 11.5. The summed E-state index contributed by atoms with van der Waals surface area (Å²) in [4.78, 5) is 12.2. The van der Waals surface area contributed by atoms with Crippen molar-refractivity contribution in [3.8, 4) is 0 Å². The molecule has 1 saturated carbocycles. The normalized spacial score (nSPS) is 30.3. The fourth-order valence-electron chi connectivity index (χ4n) is 2.46. The number of unbranched alkanes of at least 4 members (excludes halogenated alkanes) is 1. The minimum absolute atomic E-state index is 0.0895. The molecule has 1 aliphatic carbocycles. The Morgan fingerprint density at radius 2 is 1.87 bits per heavy atom. The third-order valence-corrected chi connectivity index (χ3v) is 3.66. The Morgan fingerprint density at radius 3 is 2.33 bits per heavy atom. The summed E-state index contributed by atoms with van der Waals surface area (Å²) in [7, 11) is 0. The average Bonchev–Trinajstić information content (AvgIpc) is 2.39. The van der Waals surface area contributed by atoms with Crippen LogP contribution in [-0.4, -0.2) is 5.78 Å². The molecule has 1 nitrogen and oxygen atoms in total. The van der Waals surface area contributed by atoms with Crippen LogP contribution in [0, 0.1) is 10.8 Å². The van der Waals surface area contributed by atoms with E-state index in [0.29, 0.717) is 5.78 Å². The third-order valence-electron chi connectivity index (χ3n) is 3.66. The summed E-state index contributed by atoms with van der Waals surface area (Å²) in [5.74, 6) is 0.455. The van der Waals surface area contributed by atoms with E-state index in [4.69, 9.17) is 0 Å². The van der Waals surface area contributed by atoms with Gasteiger partial charge in [-0.05, 0) is 25.7 Å². The van der Waals surface area contributed by atoms with E-state index in [1.54, 1.807) is 0 Å². The van der Waals surface area contributed by atoms with Gasteiger partial charge in [0.1, 0.15) is 5.78 Å². The molecule has 0 radical (unpaired) electrons. The predicted octanol–water partition coefficient (Wildman–Crippen LogP) is 4.13. The van der Waals surface area contributed by atoms with Crippen LogP contribution in [0.2, 0.25) is 0 Å². The van der Waals surface area contributed by atoms with Crippen molar-refractivity contribution in [2.45, 2.75) is 59.8 Å². The van der Waals surface area contributed by atoms with Gasteiger partial charge in [-0.2, -0.15) is 0 Å². The van der Waals surface area contributed by atoms with E-state index in [1.165, 1.54) is 6.42 Å². The highest BCUT2D eigenvalue weighted by atomic mass is 16.1. The Hall–Kier alpha value is -0.590. The number of carbonyl (C=O) groups is 1. The Balaban J connectivity index is 2.58. The minimum Gasteiger partial charge on any atom is -0.298 e. The van der Waals surface area contributed by atoms with Crippen molar-refractivity contribution in [1.82, 2.24) is 0 Å². The number of allylic oxidation sites excluding steroid dienone is 2. The molecule has 0 spiro atoms. The van der Waals surface area contributed by atoms with Gasteiger partial charge in [0.2, 0.25) is 0 Å². The zero-order valence-corrected chi connectivity index (χ0v) is 10.6. The molecule has 0 N–H and O–H groups in total. The molecule has 0 unspecified atom stereocenters. The second-order valence-corrected chi connectivity index (χ2v) is 5.74. The first-order valence-electron chi connectivity index (χ1n) is 6.12. The lowest BCUT2D eigenvalue weighted by atomic mass is 9.79. The molecule has 0 aromatic rings. The minimum atomic E-state index is -0.0899. The van der Waals surface area contributed by atoms with Crippen molar-refractivity contribution in [2.75, 3.05) is 0 Å². The van der Waals surface area contributed by atoms with Crippen molar-refractivity contribution in [2.24, 2.45) is 10.8 Å². The van der Waals surface area contributed by atoms with Gasteiger partial charge in [-0.3, -0.25) is 4.79 Å². The predicted molar refractivity (Wildman–Crippen MR) is 64.8 cm³/mol. The molecule has 0 saturated heterocycles. The van der Waals surface area contributed by atoms with Gasteiger partial charge in [-0.25, -0.2) is 0 Å². The zero-order valence-electron chi connectivity index (χ0n) is 10.6. The molecule has 0 aromatic heterocycles. The lowest BCUT2D eigenvalue weighted by Gasteiger charge is -2.23. The number of hydrogen-bond donors (Lipinski definition) is 0. The number of ketones is 1. The van der Waals surface area contributed by atoms with E-state index in [9.17, 15) is 4.79 Å². The van der Waals surface area contributed by atoms with Crippen LogP contribution in [-0.2, 0) is 4.79 Å². The van der Waals surface area contributed by atoms with Crippen LogP contribution >= 0.6 is 0 Å². The second kappa shape index (κ2) is 4.51. The van der Waals surface area contributed by atoms with Crippen LogP contribution in [0.15, 0.2) is 12.2 Å². The molecule has 1 rings (SSSR count). The number of carbonyl (C=O) groups excluding carboxylic acids is 1. The molecular weight excluding hydrogens is 184 g/mol. The number of hydrogen-bond acceptors (Lipinski definition) is 1. The van der Waals surface area contributed by atoms with E-state index in [0.717, 1.165) is 25.7 Å². The van der Waals surface area contributed by atoms with Crippen molar-refractivity contribution >= 4 is 5.78 Å². The first kappa shape index (κ1) is 12.5. The van der Waals surface area contributed by atoms with Crippen molar-refractivity contribution in [3.05, 3.63) is 12.2 Å². The van der Waals surface area contributed by atoms with E-state index >= 15 is 0 Å². The fourth-order valence-corrected chi connectivity index (χ4v) is 2.46. The van der Waals surface area contributed by atoms with Crippen molar-refractivity contribution < 1.29 is 4.79 Å². The topological polar surface area (TPSA) is 17.1 Å². The van der Waals surface area contributed by atoms with Crippen LogP contribution in [0.3, 0.4) is 0 Å². The molecule has 1 atom stereocenters. The Morgan fingerprint density at radius 1 is 1.20 bits per heavy atom. The highest BCUT2D eigenvalue weighted by Crippen LogP contribution is 2.47. The third kappa shape index (κ3) is 2.70. The standard InChI is InChI=1S/C14H24O/c1-5-6-7-8-9-14(4)11-10-13(2,3)12(14)15/h7-8H,5-6,9-11H2,1-4H3/b8-7+/t14-/m1/s1. The molecule has 1 fully saturated rings. The first-order chi connectivity index (χ1) is 6.92. The van der Waals surface area contributed by atoms with Crippen LogP contribution in [0.1, 0.15) is 59.8 Å². The van der Waals surface area contributed by atoms with Crippen LogP contribution in [0.5, 0.6) is 0 Å². The SMILES string of the molecule is CCC/C=C/C[C@]1(C)CCC(C)(C)C1=O. The van der Waals surface area contributed by atoms with Gasteiger partial charge in [0.05, 0.1) is 0 Å². The van der Waals surface area contributed by atoms with Crippen molar-refractivity contribution in [3.63, 3.8) is 0 Å². The molecule has 15 heavy (non-hydrogen) atoms. The largest absolute Gasteiger partial charge is 0.298 e. The monoisotopic (exact) mass is 208 g/mol. The van der Waals surface area contributed by atoms with Gasteiger partial charge in [0.15, 0.2) is 0 Å². The molecule has 86 valence electrons. The summed E-state index contributed by atoms with van der Waals surface area (Å²) in [6, 6.07) is 0.